The van der Waals surface area contributed by atoms with Gasteiger partial charge in [-0.2, -0.15) is 0 Å². The van der Waals surface area contributed by atoms with Gasteiger partial charge in [-0.1, -0.05) is 38.5 Å². The first-order valence-electron chi connectivity index (χ1n) is 9.79. The second-order valence-corrected chi connectivity index (χ2v) is 8.04. The van der Waals surface area contributed by atoms with Gasteiger partial charge in [-0.25, -0.2) is 4.39 Å². The quantitative estimate of drug-likeness (QED) is 0.659. The van der Waals surface area contributed by atoms with Crippen LogP contribution in [-0.4, -0.2) is 18.0 Å². The highest BCUT2D eigenvalue weighted by Gasteiger charge is 2.29. The second-order valence-electron chi connectivity index (χ2n) is 8.04. The van der Waals surface area contributed by atoms with Crippen LogP contribution in [0.3, 0.4) is 0 Å². The first kappa shape index (κ1) is 17.5. The summed E-state index contributed by atoms with van der Waals surface area (Å²) in [6.07, 6.45) is 10.4. The SMILES string of the molecule is C=C(CCc1ccc(F)cc1)N1CCC(C2CCC(C)CC2)CC1. The summed E-state index contributed by atoms with van der Waals surface area (Å²) >= 11 is 0. The fourth-order valence-electron chi connectivity index (χ4n) is 4.54. The highest BCUT2D eigenvalue weighted by atomic mass is 19.1. The van der Waals surface area contributed by atoms with Crippen molar-refractivity contribution in [1.29, 1.82) is 0 Å². The fraction of sp³-hybridized carbons (Fsp3) is 0.636. The maximum absolute atomic E-state index is 13.0. The molecule has 1 saturated carbocycles. The smallest absolute Gasteiger partial charge is 0.123 e. The van der Waals surface area contributed by atoms with E-state index >= 15 is 0 Å². The van der Waals surface area contributed by atoms with Gasteiger partial charge in [0, 0.05) is 18.8 Å². The number of nitrogens with zero attached hydrogens (tertiary/aromatic N) is 1. The minimum Gasteiger partial charge on any atom is -0.375 e. The molecule has 0 radical (unpaired) electrons. The maximum Gasteiger partial charge on any atom is 0.123 e. The number of halogens is 1. The van der Waals surface area contributed by atoms with Gasteiger partial charge in [0.15, 0.2) is 0 Å². The van der Waals surface area contributed by atoms with Crippen LogP contribution >= 0.6 is 0 Å². The molecule has 132 valence electrons. The summed E-state index contributed by atoms with van der Waals surface area (Å²) in [5.41, 5.74) is 2.46. The molecule has 0 spiro atoms. The number of likely N-dealkylation sites (tertiary alicyclic amines) is 1. The lowest BCUT2D eigenvalue weighted by Crippen LogP contribution is -2.36. The molecular formula is C22H32FN. The van der Waals surface area contributed by atoms with E-state index in [1.165, 1.54) is 62.9 Å². The van der Waals surface area contributed by atoms with E-state index in [2.05, 4.69) is 18.4 Å². The molecule has 2 fully saturated rings. The molecule has 1 saturated heterocycles. The summed E-state index contributed by atoms with van der Waals surface area (Å²) in [5, 5.41) is 0. The monoisotopic (exact) mass is 329 g/mol. The average Bonchev–Trinajstić information content (AvgIpc) is 2.62. The van der Waals surface area contributed by atoms with Gasteiger partial charge in [-0.3, -0.25) is 0 Å². The standard InChI is InChI=1S/C22H32FN/c1-17-3-9-20(10-4-17)21-13-15-24(16-14-21)18(2)5-6-19-7-11-22(23)12-8-19/h7-8,11-12,17,20-21H,2-6,9-10,13-16H2,1H3. The predicted octanol–water partition coefficient (Wildman–Crippen LogP) is 5.81. The van der Waals surface area contributed by atoms with Crippen LogP contribution in [0.4, 0.5) is 4.39 Å². The lowest BCUT2D eigenvalue weighted by atomic mass is 9.73. The minimum absolute atomic E-state index is 0.156. The third kappa shape index (κ3) is 4.62. The number of rotatable bonds is 5. The van der Waals surface area contributed by atoms with Gasteiger partial charge in [-0.05, 0) is 74.0 Å². The van der Waals surface area contributed by atoms with Crippen molar-refractivity contribution >= 4 is 0 Å². The van der Waals surface area contributed by atoms with Crippen molar-refractivity contribution < 1.29 is 4.39 Å². The predicted molar refractivity (Wildman–Crippen MR) is 99.3 cm³/mol. The van der Waals surface area contributed by atoms with Gasteiger partial charge in [-0.15, -0.1) is 0 Å². The van der Waals surface area contributed by atoms with E-state index in [1.807, 2.05) is 12.1 Å². The zero-order valence-electron chi connectivity index (χ0n) is 15.1. The van der Waals surface area contributed by atoms with Gasteiger partial charge >= 0.3 is 0 Å². The number of hydrogen-bond acceptors (Lipinski definition) is 1. The normalized spacial score (nSPS) is 25.7. The highest BCUT2D eigenvalue weighted by Crippen LogP contribution is 2.38. The number of hydrogen-bond donors (Lipinski definition) is 0. The summed E-state index contributed by atoms with van der Waals surface area (Å²) < 4.78 is 13.0. The molecule has 24 heavy (non-hydrogen) atoms. The van der Waals surface area contributed by atoms with E-state index in [9.17, 15) is 4.39 Å². The lowest BCUT2D eigenvalue weighted by molar-refractivity contribution is 0.134. The van der Waals surface area contributed by atoms with Gasteiger partial charge in [0.1, 0.15) is 5.82 Å². The zero-order chi connectivity index (χ0) is 16.9. The summed E-state index contributed by atoms with van der Waals surface area (Å²) in [6.45, 7) is 9.08. The van der Waals surface area contributed by atoms with E-state index in [-0.39, 0.29) is 5.82 Å². The Bertz CT molecular complexity index is 519. The van der Waals surface area contributed by atoms with Crippen molar-refractivity contribution in [3.05, 3.63) is 47.9 Å². The Balaban J connectivity index is 1.41. The molecule has 0 N–H and O–H groups in total. The first-order chi connectivity index (χ1) is 11.6. The molecule has 0 amide bonds. The molecule has 1 aromatic carbocycles. The van der Waals surface area contributed by atoms with Crippen molar-refractivity contribution in [2.45, 2.75) is 58.3 Å². The van der Waals surface area contributed by atoms with Crippen molar-refractivity contribution in [2.75, 3.05) is 13.1 Å². The van der Waals surface area contributed by atoms with E-state index in [0.29, 0.717) is 0 Å². The Labute approximate surface area is 146 Å². The topological polar surface area (TPSA) is 3.24 Å². The van der Waals surface area contributed by atoms with E-state index in [4.69, 9.17) is 0 Å². The molecule has 3 rings (SSSR count). The minimum atomic E-state index is -0.156. The molecule has 1 aromatic rings. The van der Waals surface area contributed by atoms with Crippen molar-refractivity contribution in [3.8, 4) is 0 Å². The van der Waals surface area contributed by atoms with Gasteiger partial charge in [0.25, 0.3) is 0 Å². The molecule has 0 bridgehead atoms. The van der Waals surface area contributed by atoms with Crippen molar-refractivity contribution in [2.24, 2.45) is 17.8 Å². The van der Waals surface area contributed by atoms with Crippen molar-refractivity contribution in [1.82, 2.24) is 4.90 Å². The van der Waals surface area contributed by atoms with E-state index < -0.39 is 0 Å². The van der Waals surface area contributed by atoms with Crippen LogP contribution in [0.1, 0.15) is 57.4 Å². The molecule has 1 heterocycles. The van der Waals surface area contributed by atoms with Gasteiger partial charge in [0.2, 0.25) is 0 Å². The molecular weight excluding hydrogens is 297 g/mol. The molecule has 0 unspecified atom stereocenters. The largest absolute Gasteiger partial charge is 0.375 e. The zero-order valence-corrected chi connectivity index (χ0v) is 15.1. The third-order valence-electron chi connectivity index (χ3n) is 6.33. The Hall–Kier alpha value is -1.31. The number of piperidine rings is 1. The summed E-state index contributed by atoms with van der Waals surface area (Å²) in [5.74, 6) is 2.72. The van der Waals surface area contributed by atoms with Gasteiger partial charge < -0.3 is 4.90 Å². The molecule has 1 aliphatic heterocycles. The van der Waals surface area contributed by atoms with Gasteiger partial charge in [0.05, 0.1) is 0 Å². The molecule has 2 heteroatoms. The molecule has 1 aliphatic carbocycles. The van der Waals surface area contributed by atoms with Crippen LogP contribution in [0.25, 0.3) is 0 Å². The van der Waals surface area contributed by atoms with Crippen LogP contribution in [0, 0.1) is 23.6 Å². The van der Waals surface area contributed by atoms with Crippen LogP contribution < -0.4 is 0 Å². The number of benzene rings is 1. The first-order valence-corrected chi connectivity index (χ1v) is 9.79. The maximum atomic E-state index is 13.0. The Morgan fingerprint density at radius 3 is 2.21 bits per heavy atom. The van der Waals surface area contributed by atoms with Crippen molar-refractivity contribution in [3.63, 3.8) is 0 Å². The number of allylic oxidation sites excluding steroid dienone is 1. The Kier molecular flexibility index (Phi) is 5.97. The molecule has 0 atom stereocenters. The highest BCUT2D eigenvalue weighted by molar-refractivity contribution is 5.17. The molecule has 1 nitrogen and oxygen atoms in total. The average molecular weight is 330 g/mol. The van der Waals surface area contributed by atoms with Crippen LogP contribution in [0.5, 0.6) is 0 Å². The Morgan fingerprint density at radius 2 is 1.58 bits per heavy atom. The summed E-state index contributed by atoms with van der Waals surface area (Å²) in [4.78, 5) is 2.49. The summed E-state index contributed by atoms with van der Waals surface area (Å²) in [6, 6.07) is 6.88. The fourth-order valence-corrected chi connectivity index (χ4v) is 4.54. The number of aryl methyl sites for hydroxylation is 1. The van der Waals surface area contributed by atoms with Crippen LogP contribution in [0.15, 0.2) is 36.5 Å². The van der Waals surface area contributed by atoms with Crippen LogP contribution in [0.2, 0.25) is 0 Å². The molecule has 0 aromatic heterocycles. The summed E-state index contributed by atoms with van der Waals surface area (Å²) in [7, 11) is 0. The lowest BCUT2D eigenvalue weighted by Gasteiger charge is -2.40. The second kappa shape index (κ2) is 8.18. The Morgan fingerprint density at radius 1 is 1.00 bits per heavy atom. The van der Waals surface area contributed by atoms with E-state index in [0.717, 1.165) is 30.6 Å². The van der Waals surface area contributed by atoms with E-state index in [1.54, 1.807) is 12.1 Å². The third-order valence-corrected chi connectivity index (χ3v) is 6.33. The van der Waals surface area contributed by atoms with Crippen LogP contribution in [-0.2, 0) is 6.42 Å². The molecule has 2 aliphatic rings.